The summed E-state index contributed by atoms with van der Waals surface area (Å²) in [5, 5.41) is 19.0. The third-order valence-corrected chi connectivity index (χ3v) is 2.40. The Morgan fingerprint density at radius 1 is 1.65 bits per heavy atom. The number of halogens is 3. The Morgan fingerprint density at radius 3 is 2.65 bits per heavy atom. The summed E-state index contributed by atoms with van der Waals surface area (Å²) in [4.78, 5) is 23.5. The van der Waals surface area contributed by atoms with Crippen LogP contribution in [0.5, 0.6) is 0 Å². The van der Waals surface area contributed by atoms with Crippen LogP contribution in [0.3, 0.4) is 0 Å². The van der Waals surface area contributed by atoms with Crippen molar-refractivity contribution in [2.75, 3.05) is 0 Å². The smallest absolute Gasteiger partial charge is 0.309 e. The normalized spacial score (nSPS) is 10.6. The maximum Gasteiger partial charge on any atom is 0.309 e. The average molecular weight is 311 g/mol. The Labute approximate surface area is 102 Å². The molecule has 9 heteroatoms. The summed E-state index contributed by atoms with van der Waals surface area (Å²) < 4.78 is 24.9. The molecule has 0 amide bonds. The number of aliphatic carboxylic acids is 1. The highest BCUT2D eigenvalue weighted by Crippen LogP contribution is 2.31. The molecule has 92 valence electrons. The number of hydrogen-bond acceptors (Lipinski definition) is 4. The summed E-state index contributed by atoms with van der Waals surface area (Å²) in [5.74, 6) is -1.35. The van der Waals surface area contributed by atoms with Gasteiger partial charge in [0.05, 0.1) is 17.0 Å². The van der Waals surface area contributed by atoms with E-state index < -0.39 is 40.7 Å². The third kappa shape index (κ3) is 3.16. The predicted octanol–water partition coefficient (Wildman–Crippen LogP) is 2.32. The van der Waals surface area contributed by atoms with Crippen molar-refractivity contribution in [1.82, 2.24) is 4.98 Å². The fourth-order valence-corrected chi connectivity index (χ4v) is 1.61. The van der Waals surface area contributed by atoms with Crippen molar-refractivity contribution in [2.45, 2.75) is 12.8 Å². The summed E-state index contributed by atoms with van der Waals surface area (Å²) >= 11 is 2.73. The molecule has 6 nitrogen and oxygen atoms in total. The SMILES string of the molecule is O=C(O)Cc1nc(Br)c([N+](=O)[O-])cc1C(F)F. The van der Waals surface area contributed by atoms with Gasteiger partial charge in [-0.15, -0.1) is 0 Å². The quantitative estimate of drug-likeness (QED) is 0.523. The van der Waals surface area contributed by atoms with Crippen LogP contribution < -0.4 is 0 Å². The van der Waals surface area contributed by atoms with Crippen LogP contribution in [0.15, 0.2) is 10.7 Å². The van der Waals surface area contributed by atoms with Crippen LogP contribution in [0.25, 0.3) is 0 Å². The van der Waals surface area contributed by atoms with Gasteiger partial charge in [0.2, 0.25) is 0 Å². The lowest BCUT2D eigenvalue weighted by Crippen LogP contribution is -2.08. The van der Waals surface area contributed by atoms with Crippen LogP contribution in [0.4, 0.5) is 14.5 Å². The first-order valence-electron chi connectivity index (χ1n) is 4.16. The molecule has 0 atom stereocenters. The van der Waals surface area contributed by atoms with Gasteiger partial charge in [0.25, 0.3) is 6.43 Å². The minimum absolute atomic E-state index is 0.275. The largest absolute Gasteiger partial charge is 0.481 e. The Balaban J connectivity index is 3.35. The van der Waals surface area contributed by atoms with Crippen molar-refractivity contribution in [1.29, 1.82) is 0 Å². The number of carbonyl (C=O) groups is 1. The van der Waals surface area contributed by atoms with E-state index in [0.717, 1.165) is 0 Å². The number of carboxylic acid groups (broad SMARTS) is 1. The summed E-state index contributed by atoms with van der Waals surface area (Å²) in [6, 6.07) is 0.625. The number of alkyl halides is 2. The fraction of sp³-hybridized carbons (Fsp3) is 0.250. The molecule has 17 heavy (non-hydrogen) atoms. The second-order valence-corrected chi connectivity index (χ2v) is 3.71. The Hall–Kier alpha value is -1.64. The van der Waals surface area contributed by atoms with Gasteiger partial charge in [-0.05, 0) is 15.9 Å². The summed E-state index contributed by atoms with van der Waals surface area (Å²) in [7, 11) is 0. The van der Waals surface area contributed by atoms with Gasteiger partial charge in [-0.3, -0.25) is 14.9 Å². The number of carboxylic acids is 1. The van der Waals surface area contributed by atoms with E-state index in [4.69, 9.17) is 5.11 Å². The molecule has 0 saturated carbocycles. The molecule has 0 spiro atoms. The molecule has 0 aliphatic heterocycles. The highest BCUT2D eigenvalue weighted by atomic mass is 79.9. The minimum atomic E-state index is -3.02. The zero-order valence-corrected chi connectivity index (χ0v) is 9.65. The zero-order valence-electron chi connectivity index (χ0n) is 8.06. The van der Waals surface area contributed by atoms with E-state index in [-0.39, 0.29) is 4.60 Å². The molecule has 0 aromatic carbocycles. The van der Waals surface area contributed by atoms with E-state index in [1.807, 2.05) is 0 Å². The highest BCUT2D eigenvalue weighted by Gasteiger charge is 2.24. The molecule has 0 aliphatic carbocycles. The summed E-state index contributed by atoms with van der Waals surface area (Å²) in [5.41, 5.74) is -1.78. The lowest BCUT2D eigenvalue weighted by molar-refractivity contribution is -0.386. The molecular weight excluding hydrogens is 306 g/mol. The van der Waals surface area contributed by atoms with Crippen molar-refractivity contribution < 1.29 is 23.6 Å². The molecule has 0 radical (unpaired) electrons. The molecule has 1 aromatic heterocycles. The maximum atomic E-state index is 12.6. The van der Waals surface area contributed by atoms with Crippen LogP contribution in [-0.2, 0) is 11.2 Å². The average Bonchev–Trinajstić information content (AvgIpc) is 2.15. The first-order chi connectivity index (χ1) is 7.82. The van der Waals surface area contributed by atoms with Gasteiger partial charge in [0.15, 0.2) is 4.60 Å². The monoisotopic (exact) mass is 310 g/mol. The number of hydrogen-bond donors (Lipinski definition) is 1. The van der Waals surface area contributed by atoms with Gasteiger partial charge in [-0.2, -0.15) is 0 Å². The van der Waals surface area contributed by atoms with E-state index in [9.17, 15) is 23.7 Å². The van der Waals surface area contributed by atoms with Crippen LogP contribution in [0.2, 0.25) is 0 Å². The van der Waals surface area contributed by atoms with Crippen molar-refractivity contribution in [2.24, 2.45) is 0 Å². The summed E-state index contributed by atoms with van der Waals surface area (Å²) in [6.07, 6.45) is -3.75. The van der Waals surface area contributed by atoms with Gasteiger partial charge < -0.3 is 5.11 Å². The number of pyridine rings is 1. The molecule has 1 heterocycles. The molecule has 0 bridgehead atoms. The summed E-state index contributed by atoms with van der Waals surface area (Å²) in [6.45, 7) is 0. The van der Waals surface area contributed by atoms with Gasteiger partial charge in [-0.1, -0.05) is 0 Å². The van der Waals surface area contributed by atoms with Gasteiger partial charge in [-0.25, -0.2) is 13.8 Å². The molecule has 0 unspecified atom stereocenters. The first kappa shape index (κ1) is 13.4. The van der Waals surface area contributed by atoms with E-state index >= 15 is 0 Å². The van der Waals surface area contributed by atoms with E-state index in [1.165, 1.54) is 0 Å². The first-order valence-corrected chi connectivity index (χ1v) is 4.96. The highest BCUT2D eigenvalue weighted by molar-refractivity contribution is 9.10. The predicted molar refractivity (Wildman–Crippen MR) is 54.9 cm³/mol. The molecular formula is C8H5BrF2N2O4. The maximum absolute atomic E-state index is 12.6. The van der Waals surface area contributed by atoms with Crippen molar-refractivity contribution in [3.8, 4) is 0 Å². The van der Waals surface area contributed by atoms with Gasteiger partial charge in [0, 0.05) is 11.6 Å². The number of rotatable bonds is 4. The lowest BCUT2D eigenvalue weighted by Gasteiger charge is -2.06. The Bertz CT molecular complexity index is 481. The number of nitrogens with zero attached hydrogens (tertiary/aromatic N) is 2. The van der Waals surface area contributed by atoms with E-state index in [2.05, 4.69) is 20.9 Å². The minimum Gasteiger partial charge on any atom is -0.481 e. The fourth-order valence-electron chi connectivity index (χ4n) is 1.13. The Morgan fingerprint density at radius 2 is 2.24 bits per heavy atom. The van der Waals surface area contributed by atoms with Crippen LogP contribution in [0.1, 0.15) is 17.7 Å². The molecule has 1 aromatic rings. The van der Waals surface area contributed by atoms with Crippen molar-refractivity contribution in [3.63, 3.8) is 0 Å². The molecule has 0 aliphatic rings. The van der Waals surface area contributed by atoms with Gasteiger partial charge in [0.1, 0.15) is 0 Å². The van der Waals surface area contributed by atoms with Crippen LogP contribution >= 0.6 is 15.9 Å². The van der Waals surface area contributed by atoms with Crippen molar-refractivity contribution >= 4 is 27.6 Å². The standard InChI is InChI=1S/C8H5BrF2N2O4/c9-7-5(13(16)17)1-3(8(10)11)4(12-7)2-6(14)15/h1,8H,2H2,(H,14,15). The van der Waals surface area contributed by atoms with E-state index in [0.29, 0.717) is 6.07 Å². The Kier molecular flexibility index (Phi) is 4.05. The lowest BCUT2D eigenvalue weighted by atomic mass is 10.1. The second kappa shape index (κ2) is 5.13. The zero-order chi connectivity index (χ0) is 13.2. The molecule has 0 fully saturated rings. The van der Waals surface area contributed by atoms with E-state index in [1.54, 1.807) is 0 Å². The second-order valence-electron chi connectivity index (χ2n) is 2.96. The van der Waals surface area contributed by atoms with Gasteiger partial charge >= 0.3 is 11.7 Å². The topological polar surface area (TPSA) is 93.3 Å². The molecule has 1 rings (SSSR count). The van der Waals surface area contributed by atoms with Crippen LogP contribution in [0, 0.1) is 10.1 Å². The number of nitro groups is 1. The van der Waals surface area contributed by atoms with Crippen LogP contribution in [-0.4, -0.2) is 21.0 Å². The van der Waals surface area contributed by atoms with Crippen molar-refractivity contribution in [3.05, 3.63) is 32.0 Å². The molecule has 1 N–H and O–H groups in total. The molecule has 0 saturated heterocycles. The number of aromatic nitrogens is 1. The third-order valence-electron chi connectivity index (χ3n) is 1.82.